The Labute approximate surface area is 404 Å². The monoisotopic (exact) mass is 1020 g/mol. The maximum atomic E-state index is 13.3. The predicted molar refractivity (Wildman–Crippen MR) is 260 cm³/mol. The van der Waals surface area contributed by atoms with Gasteiger partial charge in [0.05, 0.1) is 83.1 Å². The zero-order chi connectivity index (χ0) is 46.2. The number of nitrogens with one attached hydrogen (secondary N) is 2. The van der Waals surface area contributed by atoms with Gasteiger partial charge in [-0.1, -0.05) is 117 Å². The van der Waals surface area contributed by atoms with Gasteiger partial charge in [-0.15, -0.1) is 0 Å². The molecule has 0 aliphatic carbocycles. The Morgan fingerprint density at radius 3 is 1.14 bits per heavy atom. The number of benzene rings is 4. The van der Waals surface area contributed by atoms with Crippen LogP contribution in [0.1, 0.15) is 22.8 Å². The SMILES string of the molecule is O=[N+]([O-])C1=Cc2nc1c(-c1c(Cl)cccc1Cl)c1cc([N+](=O)[O-])c([nH]1)c(-c1c(Cl)cccc1Cl)c1nc(c(-c3c(Cl)cccc3Cl)c3cc([N+](=O)[O-])c([nH]3)c2-c2c(Cl)cccc2Cl)C=C1. The van der Waals surface area contributed by atoms with E-state index in [1.54, 1.807) is 30.3 Å². The molecule has 4 aromatic carbocycles. The second-order valence-electron chi connectivity index (χ2n) is 14.1. The van der Waals surface area contributed by atoms with E-state index in [1.807, 2.05) is 0 Å². The first kappa shape index (κ1) is 44.2. The Balaban J connectivity index is 1.68. The summed E-state index contributed by atoms with van der Waals surface area (Å²) in [5.74, 6) is 0. The fourth-order valence-electron chi connectivity index (χ4n) is 7.82. The van der Waals surface area contributed by atoms with Gasteiger partial charge in [0.25, 0.3) is 17.1 Å². The van der Waals surface area contributed by atoms with Crippen molar-refractivity contribution in [1.82, 2.24) is 19.9 Å². The van der Waals surface area contributed by atoms with Crippen LogP contribution in [0.3, 0.4) is 0 Å². The lowest BCUT2D eigenvalue weighted by Crippen LogP contribution is -1.99. The summed E-state index contributed by atoms with van der Waals surface area (Å²) in [5.41, 5.74) is -2.66. The summed E-state index contributed by atoms with van der Waals surface area (Å²) in [4.78, 5) is 53.8. The third-order valence-electron chi connectivity index (χ3n) is 10.5. The number of rotatable bonds is 7. The van der Waals surface area contributed by atoms with Gasteiger partial charge >= 0.3 is 0 Å². The van der Waals surface area contributed by atoms with E-state index in [9.17, 15) is 30.3 Å². The van der Waals surface area contributed by atoms with Crippen LogP contribution in [-0.4, -0.2) is 34.7 Å². The maximum absolute atomic E-state index is 13.3. The minimum atomic E-state index is -0.745. The molecule has 0 atom stereocenters. The van der Waals surface area contributed by atoms with Crippen molar-refractivity contribution in [1.29, 1.82) is 0 Å². The van der Waals surface area contributed by atoms with Crippen molar-refractivity contribution in [2.45, 2.75) is 0 Å². The fraction of sp³-hybridized carbons (Fsp3) is 0. The molecule has 0 saturated heterocycles. The summed E-state index contributed by atoms with van der Waals surface area (Å²) in [5, 5.41) is 40.1. The normalized spacial score (nSPS) is 12.1. The van der Waals surface area contributed by atoms with E-state index in [4.69, 9.17) is 103 Å². The molecule has 0 radical (unpaired) electrons. The molecule has 0 saturated carbocycles. The van der Waals surface area contributed by atoms with Gasteiger partial charge in [0.1, 0.15) is 11.0 Å². The second-order valence-corrected chi connectivity index (χ2v) is 17.4. The van der Waals surface area contributed by atoms with Crippen molar-refractivity contribution >= 4 is 150 Å². The molecule has 0 unspecified atom stereocenters. The topological polar surface area (TPSA) is 187 Å². The highest BCUT2D eigenvalue weighted by molar-refractivity contribution is 6.42. The van der Waals surface area contributed by atoms with E-state index in [0.717, 1.165) is 12.1 Å². The molecule has 7 aromatic rings. The molecule has 3 aromatic heterocycles. The zero-order valence-corrected chi connectivity index (χ0v) is 38.1. The molecule has 13 nitrogen and oxygen atoms in total. The standard InChI is InChI=1S/C44H19Cl8N7O6/c45-18-5-1-6-19(46)34(18)38-26-13-14-27(53-26)39(35-20(47)7-2-8-21(35)48)42-32(58(62)63)16-29(55-42)41(37-24(51)11-4-12-25(37)52)44-33(59(64)65)17-30(56-44)40(36-22(49)9-3-10-23(36)50)43-31(57(60)61)15-28(38)54-43/h1-17,54-55H. The molecule has 8 bridgehead atoms. The molecule has 322 valence electrons. The quantitative estimate of drug-likeness (QED) is 0.117. The fourth-order valence-corrected chi connectivity index (χ4v) is 10.2. The lowest BCUT2D eigenvalue weighted by Gasteiger charge is -2.11. The van der Waals surface area contributed by atoms with Gasteiger partial charge in [0.15, 0.2) is 5.69 Å². The number of halogens is 8. The van der Waals surface area contributed by atoms with Gasteiger partial charge in [-0.3, -0.25) is 30.3 Å². The lowest BCUT2D eigenvalue weighted by atomic mass is 10.0. The largest absolute Gasteiger partial charge is 0.349 e. The van der Waals surface area contributed by atoms with Crippen molar-refractivity contribution < 1.29 is 14.8 Å². The Kier molecular flexibility index (Phi) is 11.6. The van der Waals surface area contributed by atoms with Crippen molar-refractivity contribution in [2.24, 2.45) is 0 Å². The van der Waals surface area contributed by atoms with Crippen LogP contribution in [0.25, 0.3) is 90.5 Å². The van der Waals surface area contributed by atoms with Gasteiger partial charge < -0.3 is 9.97 Å². The van der Waals surface area contributed by atoms with Gasteiger partial charge in [-0.05, 0) is 60.7 Å². The number of fused-ring (bicyclic) bond motifs is 8. The average Bonchev–Trinajstić information content (AvgIpc) is 4.07. The minimum absolute atomic E-state index is 0.00410. The van der Waals surface area contributed by atoms with Crippen molar-refractivity contribution in [2.75, 3.05) is 0 Å². The molecule has 0 spiro atoms. The van der Waals surface area contributed by atoms with E-state index in [-0.39, 0.29) is 124 Å². The van der Waals surface area contributed by atoms with Crippen LogP contribution in [0.2, 0.25) is 40.2 Å². The highest BCUT2D eigenvalue weighted by atomic mass is 35.5. The van der Waals surface area contributed by atoms with Gasteiger partial charge in [-0.25, -0.2) is 9.97 Å². The summed E-state index contributed by atoms with van der Waals surface area (Å²) in [6.07, 6.45) is 4.15. The predicted octanol–water partition coefficient (Wildman–Crippen LogP) is 16.0. The number of nitro groups is 3. The van der Waals surface area contributed by atoms with Crippen molar-refractivity contribution in [3.63, 3.8) is 0 Å². The maximum Gasteiger partial charge on any atom is 0.297 e. The molecule has 21 heteroatoms. The van der Waals surface area contributed by atoms with E-state index in [2.05, 4.69) is 9.97 Å². The van der Waals surface area contributed by atoms with Crippen LogP contribution >= 0.6 is 92.8 Å². The number of hydrogen-bond donors (Lipinski definition) is 2. The Hall–Kier alpha value is -6.00. The lowest BCUT2D eigenvalue weighted by molar-refractivity contribution is -0.383. The van der Waals surface area contributed by atoms with Crippen molar-refractivity contribution in [3.8, 4) is 44.5 Å². The molecular formula is C44H19Cl8N7O6. The molecule has 0 fully saturated rings. The third-order valence-corrected chi connectivity index (χ3v) is 13.0. The van der Waals surface area contributed by atoms with Gasteiger partial charge in [-0.2, -0.15) is 0 Å². The number of hydrogen-bond acceptors (Lipinski definition) is 8. The summed E-state index contributed by atoms with van der Waals surface area (Å²) in [6.45, 7) is 0. The first-order valence-electron chi connectivity index (χ1n) is 18.5. The highest BCUT2D eigenvalue weighted by Crippen LogP contribution is 2.50. The first-order valence-corrected chi connectivity index (χ1v) is 21.6. The first-order chi connectivity index (χ1) is 31.0. The Morgan fingerprint density at radius 2 is 0.754 bits per heavy atom. The number of nitrogens with zero attached hydrogens (tertiary/aromatic N) is 5. The van der Waals surface area contributed by atoms with Crippen LogP contribution in [0.15, 0.2) is 84.9 Å². The van der Waals surface area contributed by atoms with Crippen LogP contribution in [-0.2, 0) is 0 Å². The summed E-state index contributed by atoms with van der Waals surface area (Å²) >= 11 is 54.9. The summed E-state index contributed by atoms with van der Waals surface area (Å²) in [7, 11) is 0. The van der Waals surface area contributed by atoms with Crippen LogP contribution in [0.4, 0.5) is 11.4 Å². The van der Waals surface area contributed by atoms with E-state index in [0.29, 0.717) is 0 Å². The molecule has 2 aliphatic heterocycles. The van der Waals surface area contributed by atoms with E-state index in [1.165, 1.54) is 60.7 Å². The molecule has 5 heterocycles. The number of H-pyrrole nitrogens is 2. The summed E-state index contributed by atoms with van der Waals surface area (Å²) < 4.78 is 0. The minimum Gasteiger partial charge on any atom is -0.349 e. The van der Waals surface area contributed by atoms with Crippen molar-refractivity contribution in [3.05, 3.63) is 178 Å². The van der Waals surface area contributed by atoms with Gasteiger partial charge in [0, 0.05) is 62.7 Å². The van der Waals surface area contributed by atoms with Crippen LogP contribution < -0.4 is 0 Å². The van der Waals surface area contributed by atoms with E-state index >= 15 is 0 Å². The van der Waals surface area contributed by atoms with E-state index < -0.39 is 37.5 Å². The molecular weight excluding hydrogens is 1010 g/mol. The second kappa shape index (κ2) is 17.1. The highest BCUT2D eigenvalue weighted by Gasteiger charge is 2.34. The smallest absolute Gasteiger partial charge is 0.297 e. The average molecular weight is 1030 g/mol. The van der Waals surface area contributed by atoms with Gasteiger partial charge in [0.2, 0.25) is 0 Å². The Morgan fingerprint density at radius 1 is 0.415 bits per heavy atom. The number of aromatic amines is 2. The Bertz CT molecular complexity index is 3470. The zero-order valence-electron chi connectivity index (χ0n) is 32.0. The number of aromatic nitrogens is 4. The molecule has 65 heavy (non-hydrogen) atoms. The molecule has 2 aliphatic rings. The molecule has 2 N–H and O–H groups in total. The van der Waals surface area contributed by atoms with Crippen LogP contribution in [0.5, 0.6) is 0 Å². The summed E-state index contributed by atoms with van der Waals surface area (Å²) in [6, 6.07) is 20.6. The molecule has 9 rings (SSSR count). The van der Waals surface area contributed by atoms with Crippen LogP contribution in [0, 0.1) is 30.3 Å². The third kappa shape index (κ3) is 7.57. The molecule has 0 amide bonds.